The molecule has 0 fully saturated rings. The van der Waals surface area contributed by atoms with Crippen LogP contribution in [0.1, 0.15) is 21.1 Å². The minimum atomic E-state index is -0.656. The molecule has 2 heterocycles. The van der Waals surface area contributed by atoms with Gasteiger partial charge in [0.25, 0.3) is 5.91 Å². The predicted octanol–water partition coefficient (Wildman–Crippen LogP) is 1.96. The number of aryl methyl sites for hydroxylation is 1. The average Bonchev–Trinajstić information content (AvgIpc) is 2.82. The SMILES string of the molecule is CNc1nccc(C(=O)NCc2csc(C)n2)c1F. The summed E-state index contributed by atoms with van der Waals surface area (Å²) in [7, 11) is 1.55. The van der Waals surface area contributed by atoms with Crippen LogP contribution in [0.15, 0.2) is 17.6 Å². The Balaban J connectivity index is 2.08. The van der Waals surface area contributed by atoms with Crippen LogP contribution in [0.25, 0.3) is 0 Å². The normalized spacial score (nSPS) is 10.3. The summed E-state index contributed by atoms with van der Waals surface area (Å²) < 4.78 is 13.9. The standard InChI is InChI=1S/C12H13FN4OS/c1-7-17-8(6-19-7)5-16-12(18)9-3-4-15-11(14-2)10(9)13/h3-4,6H,5H2,1-2H3,(H,14,15)(H,16,18). The Morgan fingerprint density at radius 1 is 1.53 bits per heavy atom. The van der Waals surface area contributed by atoms with Crippen molar-refractivity contribution >= 4 is 23.1 Å². The van der Waals surface area contributed by atoms with Gasteiger partial charge in [-0.15, -0.1) is 11.3 Å². The van der Waals surface area contributed by atoms with E-state index in [1.807, 2.05) is 12.3 Å². The minimum Gasteiger partial charge on any atom is -0.371 e. The first-order valence-corrected chi connectivity index (χ1v) is 6.51. The first-order valence-electron chi connectivity index (χ1n) is 5.63. The summed E-state index contributed by atoms with van der Waals surface area (Å²) in [5.74, 6) is -1.09. The quantitative estimate of drug-likeness (QED) is 0.898. The lowest BCUT2D eigenvalue weighted by atomic mass is 10.2. The van der Waals surface area contributed by atoms with Gasteiger partial charge in [0, 0.05) is 18.6 Å². The molecule has 0 bridgehead atoms. The van der Waals surface area contributed by atoms with E-state index in [2.05, 4.69) is 20.6 Å². The number of nitrogens with one attached hydrogen (secondary N) is 2. The molecule has 7 heteroatoms. The molecule has 2 rings (SSSR count). The number of rotatable bonds is 4. The van der Waals surface area contributed by atoms with Crippen molar-refractivity contribution in [2.75, 3.05) is 12.4 Å². The Labute approximate surface area is 113 Å². The predicted molar refractivity (Wildman–Crippen MR) is 71.8 cm³/mol. The number of hydrogen-bond acceptors (Lipinski definition) is 5. The third-order valence-corrected chi connectivity index (χ3v) is 3.29. The Bertz CT molecular complexity index is 599. The van der Waals surface area contributed by atoms with Crippen molar-refractivity contribution in [2.45, 2.75) is 13.5 Å². The summed E-state index contributed by atoms with van der Waals surface area (Å²) in [5.41, 5.74) is 0.727. The number of amides is 1. The molecule has 0 saturated heterocycles. The van der Waals surface area contributed by atoms with Crippen LogP contribution in [0.5, 0.6) is 0 Å². The van der Waals surface area contributed by atoms with Crippen molar-refractivity contribution in [2.24, 2.45) is 0 Å². The van der Waals surface area contributed by atoms with Gasteiger partial charge in [-0.2, -0.15) is 0 Å². The summed E-state index contributed by atoms with van der Waals surface area (Å²) in [4.78, 5) is 19.9. The number of thiazole rings is 1. The van der Waals surface area contributed by atoms with Gasteiger partial charge in [0.1, 0.15) is 0 Å². The zero-order valence-electron chi connectivity index (χ0n) is 10.5. The van der Waals surface area contributed by atoms with Crippen LogP contribution in [0.3, 0.4) is 0 Å². The van der Waals surface area contributed by atoms with Gasteiger partial charge < -0.3 is 10.6 Å². The minimum absolute atomic E-state index is 0.0358. The Morgan fingerprint density at radius 2 is 2.32 bits per heavy atom. The summed E-state index contributed by atoms with van der Waals surface area (Å²) in [6.45, 7) is 2.16. The topological polar surface area (TPSA) is 66.9 Å². The molecule has 0 aromatic carbocycles. The molecule has 1 amide bonds. The van der Waals surface area contributed by atoms with Crippen LogP contribution in [0.4, 0.5) is 10.2 Å². The maximum Gasteiger partial charge on any atom is 0.254 e. The highest BCUT2D eigenvalue weighted by Crippen LogP contribution is 2.14. The van der Waals surface area contributed by atoms with Crippen LogP contribution >= 0.6 is 11.3 Å². The Hall–Kier alpha value is -2.02. The molecule has 100 valence electrons. The second kappa shape index (κ2) is 5.75. The molecule has 0 aliphatic rings. The van der Waals surface area contributed by atoms with Crippen molar-refractivity contribution in [1.82, 2.24) is 15.3 Å². The lowest BCUT2D eigenvalue weighted by molar-refractivity contribution is 0.0946. The van der Waals surface area contributed by atoms with Crippen LogP contribution in [-0.4, -0.2) is 22.9 Å². The molecule has 2 aromatic rings. The number of anilines is 1. The summed E-state index contributed by atoms with van der Waals surface area (Å²) >= 11 is 1.50. The first kappa shape index (κ1) is 13.4. The molecule has 0 radical (unpaired) electrons. The maximum atomic E-state index is 13.9. The molecular weight excluding hydrogens is 267 g/mol. The van der Waals surface area contributed by atoms with E-state index >= 15 is 0 Å². The van der Waals surface area contributed by atoms with E-state index in [1.165, 1.54) is 23.6 Å². The zero-order valence-corrected chi connectivity index (χ0v) is 11.3. The van der Waals surface area contributed by atoms with Crippen molar-refractivity contribution < 1.29 is 9.18 Å². The maximum absolute atomic E-state index is 13.9. The average molecular weight is 280 g/mol. The highest BCUT2D eigenvalue weighted by atomic mass is 32.1. The molecule has 19 heavy (non-hydrogen) atoms. The van der Waals surface area contributed by atoms with E-state index in [4.69, 9.17) is 0 Å². The van der Waals surface area contributed by atoms with E-state index in [0.29, 0.717) is 0 Å². The number of carbonyl (C=O) groups excluding carboxylic acids is 1. The van der Waals surface area contributed by atoms with Crippen molar-refractivity contribution in [3.63, 3.8) is 0 Å². The van der Waals surface area contributed by atoms with Gasteiger partial charge >= 0.3 is 0 Å². The van der Waals surface area contributed by atoms with Crippen LogP contribution in [-0.2, 0) is 6.54 Å². The largest absolute Gasteiger partial charge is 0.371 e. The molecule has 2 aromatic heterocycles. The van der Waals surface area contributed by atoms with E-state index in [-0.39, 0.29) is 17.9 Å². The molecule has 0 aliphatic carbocycles. The second-order valence-corrected chi connectivity index (χ2v) is 4.87. The van der Waals surface area contributed by atoms with Gasteiger partial charge in [-0.05, 0) is 13.0 Å². The lowest BCUT2D eigenvalue weighted by Crippen LogP contribution is -2.24. The highest BCUT2D eigenvalue weighted by Gasteiger charge is 2.15. The van der Waals surface area contributed by atoms with Crippen molar-refractivity contribution in [3.8, 4) is 0 Å². The molecule has 5 nitrogen and oxygen atoms in total. The van der Waals surface area contributed by atoms with Crippen molar-refractivity contribution in [3.05, 3.63) is 39.7 Å². The first-order chi connectivity index (χ1) is 9.11. The van der Waals surface area contributed by atoms with Crippen LogP contribution in [0.2, 0.25) is 0 Å². The van der Waals surface area contributed by atoms with E-state index < -0.39 is 11.7 Å². The fraction of sp³-hybridized carbons (Fsp3) is 0.250. The molecule has 0 saturated carbocycles. The smallest absolute Gasteiger partial charge is 0.254 e. The monoisotopic (exact) mass is 280 g/mol. The Morgan fingerprint density at radius 3 is 2.95 bits per heavy atom. The number of nitrogens with zero attached hydrogens (tertiary/aromatic N) is 2. The van der Waals surface area contributed by atoms with Gasteiger partial charge in [-0.3, -0.25) is 4.79 Å². The Kier molecular flexibility index (Phi) is 4.06. The fourth-order valence-corrected chi connectivity index (χ4v) is 2.16. The molecule has 0 unspecified atom stereocenters. The number of carbonyl (C=O) groups is 1. The summed E-state index contributed by atoms with van der Waals surface area (Å²) in [6.07, 6.45) is 1.39. The third-order valence-electron chi connectivity index (χ3n) is 2.47. The van der Waals surface area contributed by atoms with Gasteiger partial charge in [-0.25, -0.2) is 14.4 Å². The second-order valence-electron chi connectivity index (χ2n) is 3.81. The summed E-state index contributed by atoms with van der Waals surface area (Å²) in [5, 5.41) is 8.01. The van der Waals surface area contributed by atoms with Gasteiger partial charge in [-0.1, -0.05) is 0 Å². The van der Waals surface area contributed by atoms with Crippen molar-refractivity contribution in [1.29, 1.82) is 0 Å². The molecule has 0 atom stereocenters. The third kappa shape index (κ3) is 3.05. The van der Waals surface area contributed by atoms with E-state index in [0.717, 1.165) is 10.7 Å². The number of hydrogen-bond donors (Lipinski definition) is 2. The number of pyridine rings is 1. The van der Waals surface area contributed by atoms with Crippen LogP contribution in [0, 0.1) is 12.7 Å². The number of aromatic nitrogens is 2. The van der Waals surface area contributed by atoms with Gasteiger partial charge in [0.15, 0.2) is 11.6 Å². The summed E-state index contributed by atoms with van der Waals surface area (Å²) in [6, 6.07) is 1.35. The van der Waals surface area contributed by atoms with Gasteiger partial charge in [0.05, 0.1) is 22.8 Å². The highest BCUT2D eigenvalue weighted by molar-refractivity contribution is 7.09. The molecule has 2 N–H and O–H groups in total. The fourth-order valence-electron chi connectivity index (χ4n) is 1.55. The molecular formula is C12H13FN4OS. The number of halogens is 1. The molecule has 0 spiro atoms. The van der Waals surface area contributed by atoms with E-state index in [9.17, 15) is 9.18 Å². The van der Waals surface area contributed by atoms with Crippen LogP contribution < -0.4 is 10.6 Å². The van der Waals surface area contributed by atoms with E-state index in [1.54, 1.807) is 7.05 Å². The zero-order chi connectivity index (χ0) is 13.8. The lowest BCUT2D eigenvalue weighted by Gasteiger charge is -2.07. The molecule has 0 aliphatic heterocycles. The van der Waals surface area contributed by atoms with Gasteiger partial charge in [0.2, 0.25) is 0 Å².